The zero-order valence-electron chi connectivity index (χ0n) is 10.6. The minimum atomic E-state index is -3.65. The standard InChI is InChI=1S/C11H13FN4O3S/c1-8-9(7-19-16-8)20(17,18)14-6-5-13-11-4-2-3-10(12)15-11/h2-4,7,14H,5-6H2,1H3,(H,13,15). The Morgan fingerprint density at radius 3 is 2.80 bits per heavy atom. The van der Waals surface area contributed by atoms with E-state index in [1.807, 2.05) is 0 Å². The summed E-state index contributed by atoms with van der Waals surface area (Å²) in [6.45, 7) is 1.91. The van der Waals surface area contributed by atoms with Gasteiger partial charge in [0.2, 0.25) is 16.0 Å². The summed E-state index contributed by atoms with van der Waals surface area (Å²) in [6, 6.07) is 4.32. The Kier molecular flexibility index (Phi) is 4.30. The first kappa shape index (κ1) is 14.4. The van der Waals surface area contributed by atoms with Gasteiger partial charge in [-0.05, 0) is 19.1 Å². The summed E-state index contributed by atoms with van der Waals surface area (Å²) in [5.74, 6) is -0.263. The molecule has 2 aromatic heterocycles. The van der Waals surface area contributed by atoms with E-state index in [0.717, 1.165) is 6.26 Å². The summed E-state index contributed by atoms with van der Waals surface area (Å²) in [5.41, 5.74) is 0.289. The molecule has 9 heteroatoms. The lowest BCUT2D eigenvalue weighted by molar-refractivity contribution is 0.413. The third-order valence-electron chi connectivity index (χ3n) is 2.43. The van der Waals surface area contributed by atoms with Crippen molar-refractivity contribution in [1.82, 2.24) is 14.9 Å². The van der Waals surface area contributed by atoms with Crippen LogP contribution in [0, 0.1) is 12.9 Å². The molecule has 0 aliphatic heterocycles. The van der Waals surface area contributed by atoms with E-state index in [1.165, 1.54) is 19.1 Å². The van der Waals surface area contributed by atoms with Crippen LogP contribution in [0.3, 0.4) is 0 Å². The van der Waals surface area contributed by atoms with Crippen molar-refractivity contribution in [1.29, 1.82) is 0 Å². The maximum absolute atomic E-state index is 12.8. The van der Waals surface area contributed by atoms with Crippen LogP contribution in [0.5, 0.6) is 0 Å². The van der Waals surface area contributed by atoms with Crippen molar-refractivity contribution in [3.63, 3.8) is 0 Å². The predicted octanol–water partition coefficient (Wildman–Crippen LogP) is 0.908. The molecule has 2 N–H and O–H groups in total. The quantitative estimate of drug-likeness (QED) is 0.608. The minimum Gasteiger partial charge on any atom is -0.369 e. The number of halogens is 1. The second-order valence-corrected chi connectivity index (χ2v) is 5.67. The fourth-order valence-corrected chi connectivity index (χ4v) is 2.62. The van der Waals surface area contributed by atoms with Gasteiger partial charge in [0.05, 0.1) is 0 Å². The molecule has 0 unspecified atom stereocenters. The molecule has 2 aromatic rings. The van der Waals surface area contributed by atoms with Crippen molar-refractivity contribution in [3.05, 3.63) is 36.1 Å². The molecular formula is C11H13FN4O3S. The van der Waals surface area contributed by atoms with Crippen LogP contribution in [0.4, 0.5) is 10.2 Å². The van der Waals surface area contributed by atoms with Crippen LogP contribution >= 0.6 is 0 Å². The maximum Gasteiger partial charge on any atom is 0.245 e. The Bertz CT molecular complexity index is 686. The van der Waals surface area contributed by atoms with Gasteiger partial charge in [0.25, 0.3) is 0 Å². The van der Waals surface area contributed by atoms with Crippen LogP contribution in [0.1, 0.15) is 5.69 Å². The van der Waals surface area contributed by atoms with Gasteiger partial charge in [-0.15, -0.1) is 0 Å². The molecule has 7 nitrogen and oxygen atoms in total. The molecule has 0 aliphatic rings. The average Bonchev–Trinajstić information content (AvgIpc) is 2.82. The zero-order valence-corrected chi connectivity index (χ0v) is 11.4. The summed E-state index contributed by atoms with van der Waals surface area (Å²) in [5, 5.41) is 6.31. The number of aryl methyl sites for hydroxylation is 1. The number of nitrogens with one attached hydrogen (secondary N) is 2. The molecule has 0 saturated heterocycles. The predicted molar refractivity (Wildman–Crippen MR) is 69.1 cm³/mol. The Morgan fingerprint density at radius 2 is 2.15 bits per heavy atom. The van der Waals surface area contributed by atoms with Crippen molar-refractivity contribution in [3.8, 4) is 0 Å². The summed E-state index contributed by atoms with van der Waals surface area (Å²) in [4.78, 5) is 3.59. The van der Waals surface area contributed by atoms with Crippen LogP contribution in [-0.2, 0) is 10.0 Å². The number of pyridine rings is 1. The lowest BCUT2D eigenvalue weighted by Crippen LogP contribution is -2.29. The van der Waals surface area contributed by atoms with E-state index >= 15 is 0 Å². The minimum absolute atomic E-state index is 0.00128. The normalized spacial score (nSPS) is 11.5. The van der Waals surface area contributed by atoms with E-state index in [-0.39, 0.29) is 23.7 Å². The average molecular weight is 300 g/mol. The number of nitrogens with zero attached hydrogens (tertiary/aromatic N) is 2. The second-order valence-electron chi connectivity index (χ2n) is 3.93. The van der Waals surface area contributed by atoms with E-state index in [2.05, 4.69) is 24.7 Å². The molecule has 0 amide bonds. The number of hydrogen-bond donors (Lipinski definition) is 2. The summed E-state index contributed by atoms with van der Waals surface area (Å²) in [7, 11) is -3.65. The van der Waals surface area contributed by atoms with Gasteiger partial charge in [0.1, 0.15) is 22.7 Å². The number of aromatic nitrogens is 2. The first-order chi connectivity index (χ1) is 9.49. The van der Waals surface area contributed by atoms with Gasteiger partial charge in [-0.25, -0.2) is 18.1 Å². The molecule has 0 aromatic carbocycles. The summed E-state index contributed by atoms with van der Waals surface area (Å²) >= 11 is 0. The lowest BCUT2D eigenvalue weighted by atomic mass is 10.4. The maximum atomic E-state index is 12.8. The highest BCUT2D eigenvalue weighted by atomic mass is 32.2. The van der Waals surface area contributed by atoms with Crippen LogP contribution < -0.4 is 10.0 Å². The summed E-state index contributed by atoms with van der Waals surface area (Å²) in [6.07, 6.45) is 1.07. The van der Waals surface area contributed by atoms with Gasteiger partial charge in [0.15, 0.2) is 0 Å². The zero-order chi connectivity index (χ0) is 14.6. The Labute approximate surface area is 115 Å². The molecular weight excluding hydrogens is 287 g/mol. The summed E-state index contributed by atoms with van der Waals surface area (Å²) < 4.78 is 43.5. The molecule has 0 saturated carbocycles. The number of sulfonamides is 1. The van der Waals surface area contributed by atoms with E-state index in [9.17, 15) is 12.8 Å². The number of rotatable bonds is 6. The molecule has 2 rings (SSSR count). The van der Waals surface area contributed by atoms with Gasteiger partial charge >= 0.3 is 0 Å². The van der Waals surface area contributed by atoms with Crippen molar-refractivity contribution in [2.24, 2.45) is 0 Å². The smallest absolute Gasteiger partial charge is 0.245 e. The van der Waals surface area contributed by atoms with Gasteiger partial charge in [-0.3, -0.25) is 0 Å². The molecule has 20 heavy (non-hydrogen) atoms. The van der Waals surface area contributed by atoms with Crippen molar-refractivity contribution in [2.75, 3.05) is 18.4 Å². The highest BCUT2D eigenvalue weighted by molar-refractivity contribution is 7.89. The third kappa shape index (κ3) is 3.52. The molecule has 0 bridgehead atoms. The van der Waals surface area contributed by atoms with Crippen molar-refractivity contribution < 1.29 is 17.3 Å². The topological polar surface area (TPSA) is 97.1 Å². The molecule has 108 valence electrons. The van der Waals surface area contributed by atoms with Gasteiger partial charge in [-0.1, -0.05) is 11.2 Å². The lowest BCUT2D eigenvalue weighted by Gasteiger charge is -2.07. The SMILES string of the molecule is Cc1nocc1S(=O)(=O)NCCNc1cccc(F)n1. The van der Waals surface area contributed by atoms with Crippen LogP contribution in [-0.4, -0.2) is 31.6 Å². The molecule has 0 atom stereocenters. The molecule has 0 fully saturated rings. The van der Waals surface area contributed by atoms with Crippen LogP contribution in [0.15, 0.2) is 33.9 Å². The Balaban J connectivity index is 1.86. The van der Waals surface area contributed by atoms with Crippen LogP contribution in [0.25, 0.3) is 0 Å². The van der Waals surface area contributed by atoms with Gasteiger partial charge < -0.3 is 9.84 Å². The van der Waals surface area contributed by atoms with Gasteiger partial charge in [0, 0.05) is 13.1 Å². The highest BCUT2D eigenvalue weighted by Gasteiger charge is 2.19. The van der Waals surface area contributed by atoms with Crippen LogP contribution in [0.2, 0.25) is 0 Å². The Hall–Kier alpha value is -2.00. The van der Waals surface area contributed by atoms with E-state index in [1.54, 1.807) is 6.07 Å². The number of hydrogen-bond acceptors (Lipinski definition) is 6. The van der Waals surface area contributed by atoms with Gasteiger partial charge in [-0.2, -0.15) is 4.39 Å². The molecule has 2 heterocycles. The largest absolute Gasteiger partial charge is 0.369 e. The molecule has 0 radical (unpaired) electrons. The van der Waals surface area contributed by atoms with Crippen molar-refractivity contribution in [2.45, 2.75) is 11.8 Å². The van der Waals surface area contributed by atoms with Crippen molar-refractivity contribution >= 4 is 15.8 Å². The molecule has 0 aliphatic carbocycles. The number of anilines is 1. The highest BCUT2D eigenvalue weighted by Crippen LogP contribution is 2.12. The third-order valence-corrected chi connectivity index (χ3v) is 3.99. The van der Waals surface area contributed by atoms with E-state index in [0.29, 0.717) is 5.82 Å². The van der Waals surface area contributed by atoms with E-state index in [4.69, 9.17) is 0 Å². The first-order valence-corrected chi connectivity index (χ1v) is 7.24. The first-order valence-electron chi connectivity index (χ1n) is 5.76. The second kappa shape index (κ2) is 5.97. The molecule has 0 spiro atoms. The fraction of sp³-hybridized carbons (Fsp3) is 0.273. The Morgan fingerprint density at radius 1 is 1.35 bits per heavy atom. The monoisotopic (exact) mass is 300 g/mol. The van der Waals surface area contributed by atoms with E-state index < -0.39 is 16.0 Å². The fourth-order valence-electron chi connectivity index (χ4n) is 1.50.